The van der Waals surface area contributed by atoms with Gasteiger partial charge in [0.05, 0.1) is 6.61 Å². The Morgan fingerprint density at radius 2 is 1.88 bits per heavy atom. The average Bonchev–Trinajstić information content (AvgIpc) is 2.67. The Labute approximate surface area is 153 Å². The first-order valence-corrected chi connectivity index (χ1v) is 8.84. The van der Waals surface area contributed by atoms with Crippen molar-refractivity contribution in [1.29, 1.82) is 0 Å². The van der Waals surface area contributed by atoms with Crippen molar-refractivity contribution in [1.82, 2.24) is 5.43 Å². The van der Waals surface area contributed by atoms with Crippen LogP contribution in [0.4, 0.5) is 0 Å². The van der Waals surface area contributed by atoms with Gasteiger partial charge in [0.2, 0.25) is 0 Å². The number of ketones is 1. The molecule has 1 atom stereocenters. The van der Waals surface area contributed by atoms with Gasteiger partial charge in [0, 0.05) is 12.0 Å². The van der Waals surface area contributed by atoms with Crippen LogP contribution in [0.1, 0.15) is 34.8 Å². The van der Waals surface area contributed by atoms with Crippen LogP contribution in [0.15, 0.2) is 59.7 Å². The summed E-state index contributed by atoms with van der Waals surface area (Å²) in [5.74, 6) is -0.453. The zero-order valence-electron chi connectivity index (χ0n) is 14.8. The van der Waals surface area contributed by atoms with Gasteiger partial charge in [-0.1, -0.05) is 54.6 Å². The van der Waals surface area contributed by atoms with Gasteiger partial charge >= 0.3 is 5.97 Å². The molecule has 0 heterocycles. The van der Waals surface area contributed by atoms with Gasteiger partial charge in [0.1, 0.15) is 11.8 Å². The van der Waals surface area contributed by atoms with Gasteiger partial charge in [-0.25, -0.2) is 4.79 Å². The summed E-state index contributed by atoms with van der Waals surface area (Å²) in [5.41, 5.74) is 5.93. The Morgan fingerprint density at radius 1 is 1.15 bits per heavy atom. The van der Waals surface area contributed by atoms with E-state index in [-0.39, 0.29) is 18.1 Å². The minimum Gasteiger partial charge on any atom is -0.461 e. The van der Waals surface area contributed by atoms with Crippen LogP contribution in [0, 0.1) is 0 Å². The molecule has 0 spiro atoms. The van der Waals surface area contributed by atoms with Crippen LogP contribution in [-0.4, -0.2) is 30.1 Å². The third-order valence-electron chi connectivity index (χ3n) is 4.38. The Kier molecular flexibility index (Phi) is 5.79. The lowest BCUT2D eigenvalue weighted by molar-refractivity contribution is -0.135. The lowest BCUT2D eigenvalue weighted by atomic mass is 9.87. The monoisotopic (exact) mass is 350 g/mol. The SMILES string of the molecule is CCOC(=O)/C(Cc1ccccc1)=N/NC1CCc2ccccc2C1=O. The van der Waals surface area contributed by atoms with E-state index in [2.05, 4.69) is 10.5 Å². The number of aryl methyl sites for hydroxylation is 1. The van der Waals surface area contributed by atoms with Gasteiger partial charge in [-0.2, -0.15) is 5.10 Å². The number of hydrazone groups is 1. The van der Waals surface area contributed by atoms with Crippen LogP contribution < -0.4 is 5.43 Å². The van der Waals surface area contributed by atoms with Gasteiger partial charge < -0.3 is 4.74 Å². The number of rotatable bonds is 6. The smallest absolute Gasteiger partial charge is 0.354 e. The second-order valence-electron chi connectivity index (χ2n) is 6.18. The number of fused-ring (bicyclic) bond motifs is 1. The molecule has 1 unspecified atom stereocenters. The first-order chi connectivity index (χ1) is 12.7. The molecule has 0 aliphatic heterocycles. The summed E-state index contributed by atoms with van der Waals surface area (Å²) in [6.07, 6.45) is 1.81. The van der Waals surface area contributed by atoms with E-state index in [0.717, 1.165) is 23.1 Å². The number of Topliss-reactive ketones (excluding diaryl/α,β-unsaturated/α-hetero) is 1. The molecular weight excluding hydrogens is 328 g/mol. The number of carbonyl (C=O) groups is 2. The second-order valence-corrected chi connectivity index (χ2v) is 6.18. The molecule has 1 N–H and O–H groups in total. The van der Waals surface area contributed by atoms with Crippen LogP contribution in [0.5, 0.6) is 0 Å². The number of hydrogen-bond donors (Lipinski definition) is 1. The van der Waals surface area contributed by atoms with E-state index < -0.39 is 12.0 Å². The number of nitrogens with zero attached hydrogens (tertiary/aromatic N) is 1. The van der Waals surface area contributed by atoms with Crippen molar-refractivity contribution in [2.24, 2.45) is 5.10 Å². The van der Waals surface area contributed by atoms with Gasteiger partial charge in [-0.15, -0.1) is 0 Å². The predicted octanol–water partition coefficient (Wildman–Crippen LogP) is 2.94. The first-order valence-electron chi connectivity index (χ1n) is 8.84. The molecule has 2 aromatic carbocycles. The summed E-state index contributed by atoms with van der Waals surface area (Å²) in [6, 6.07) is 16.8. The number of esters is 1. The van der Waals surface area contributed by atoms with Crippen molar-refractivity contribution in [2.45, 2.75) is 32.2 Å². The molecule has 1 aliphatic rings. The van der Waals surface area contributed by atoms with E-state index in [0.29, 0.717) is 12.8 Å². The molecule has 5 nitrogen and oxygen atoms in total. The van der Waals surface area contributed by atoms with Crippen LogP contribution in [-0.2, 0) is 22.4 Å². The van der Waals surface area contributed by atoms with Gasteiger partial charge in [-0.05, 0) is 30.9 Å². The topological polar surface area (TPSA) is 67.8 Å². The Balaban J connectivity index is 1.76. The lowest BCUT2D eigenvalue weighted by Gasteiger charge is -2.23. The fourth-order valence-electron chi connectivity index (χ4n) is 3.04. The number of nitrogens with one attached hydrogen (secondary N) is 1. The van der Waals surface area contributed by atoms with Gasteiger partial charge in [0.15, 0.2) is 5.78 Å². The highest BCUT2D eigenvalue weighted by Crippen LogP contribution is 2.21. The number of ether oxygens (including phenoxy) is 1. The van der Waals surface area contributed by atoms with Crippen LogP contribution in [0.2, 0.25) is 0 Å². The maximum Gasteiger partial charge on any atom is 0.354 e. The maximum atomic E-state index is 12.6. The Morgan fingerprint density at radius 3 is 2.65 bits per heavy atom. The molecule has 0 radical (unpaired) electrons. The highest BCUT2D eigenvalue weighted by molar-refractivity contribution is 6.36. The molecule has 0 saturated heterocycles. The molecule has 1 aliphatic carbocycles. The van der Waals surface area contributed by atoms with Gasteiger partial charge in [0.25, 0.3) is 0 Å². The average molecular weight is 350 g/mol. The maximum absolute atomic E-state index is 12.6. The van der Waals surface area contributed by atoms with Crippen molar-refractivity contribution in [3.05, 3.63) is 71.3 Å². The fourth-order valence-corrected chi connectivity index (χ4v) is 3.04. The molecule has 0 amide bonds. The van der Waals surface area contributed by atoms with E-state index in [1.165, 1.54) is 0 Å². The van der Waals surface area contributed by atoms with Crippen molar-refractivity contribution >= 4 is 17.5 Å². The van der Waals surface area contributed by atoms with Crippen LogP contribution in [0.3, 0.4) is 0 Å². The summed E-state index contributed by atoms with van der Waals surface area (Å²) >= 11 is 0. The molecule has 2 aromatic rings. The normalized spacial score (nSPS) is 16.7. The minimum absolute atomic E-state index is 0.0125. The Bertz CT molecular complexity index is 815. The van der Waals surface area contributed by atoms with E-state index in [1.54, 1.807) is 6.92 Å². The first kappa shape index (κ1) is 17.9. The molecule has 134 valence electrons. The molecular formula is C21H22N2O3. The minimum atomic E-state index is -0.465. The van der Waals surface area contributed by atoms with Crippen molar-refractivity contribution < 1.29 is 14.3 Å². The molecule has 26 heavy (non-hydrogen) atoms. The van der Waals surface area contributed by atoms with E-state index in [1.807, 2.05) is 54.6 Å². The van der Waals surface area contributed by atoms with E-state index in [4.69, 9.17) is 4.74 Å². The number of hydrogen-bond acceptors (Lipinski definition) is 5. The van der Waals surface area contributed by atoms with Crippen LogP contribution in [0.25, 0.3) is 0 Å². The van der Waals surface area contributed by atoms with Crippen molar-refractivity contribution in [2.75, 3.05) is 6.61 Å². The Hall–Kier alpha value is -2.95. The molecule has 0 fully saturated rings. The van der Waals surface area contributed by atoms with Crippen molar-refractivity contribution in [3.63, 3.8) is 0 Å². The third kappa shape index (κ3) is 4.17. The third-order valence-corrected chi connectivity index (χ3v) is 4.38. The molecule has 0 bridgehead atoms. The van der Waals surface area contributed by atoms with Crippen molar-refractivity contribution in [3.8, 4) is 0 Å². The summed E-state index contributed by atoms with van der Waals surface area (Å²) in [4.78, 5) is 24.9. The standard InChI is InChI=1S/C21H22N2O3/c1-2-26-21(25)19(14-15-8-4-3-5-9-15)23-22-18-13-12-16-10-6-7-11-17(16)20(18)24/h3-11,18,22H,2,12-14H2,1H3/b23-19+. The zero-order chi connectivity index (χ0) is 18.4. The summed E-state index contributed by atoms with van der Waals surface area (Å²) in [5, 5.41) is 4.26. The molecule has 0 saturated carbocycles. The van der Waals surface area contributed by atoms with Gasteiger partial charge in [-0.3, -0.25) is 10.2 Å². The zero-order valence-corrected chi connectivity index (χ0v) is 14.8. The van der Waals surface area contributed by atoms with Crippen LogP contribution >= 0.6 is 0 Å². The van der Waals surface area contributed by atoms with E-state index >= 15 is 0 Å². The largest absolute Gasteiger partial charge is 0.461 e. The molecule has 0 aromatic heterocycles. The quantitative estimate of drug-likeness (QED) is 0.494. The lowest BCUT2D eigenvalue weighted by Crippen LogP contribution is -2.39. The predicted molar refractivity (Wildman–Crippen MR) is 100 cm³/mol. The second kappa shape index (κ2) is 8.43. The molecule has 5 heteroatoms. The summed E-state index contributed by atoms with van der Waals surface area (Å²) in [7, 11) is 0. The summed E-state index contributed by atoms with van der Waals surface area (Å²) in [6.45, 7) is 2.04. The highest BCUT2D eigenvalue weighted by atomic mass is 16.5. The number of benzene rings is 2. The highest BCUT2D eigenvalue weighted by Gasteiger charge is 2.27. The fraction of sp³-hybridized carbons (Fsp3) is 0.286. The molecule has 3 rings (SSSR count). The number of carbonyl (C=O) groups excluding carboxylic acids is 2. The summed E-state index contributed by atoms with van der Waals surface area (Å²) < 4.78 is 5.10. The van der Waals surface area contributed by atoms with E-state index in [9.17, 15) is 9.59 Å².